The number of aromatic nitrogens is 2. The molecule has 2 heterocycles. The molecule has 1 fully saturated rings. The molecule has 0 atom stereocenters. The Labute approximate surface area is 166 Å². The topological polar surface area (TPSA) is 41.4 Å². The Morgan fingerprint density at radius 1 is 0.929 bits per heavy atom. The number of piperazine rings is 1. The molecule has 0 bridgehead atoms. The van der Waals surface area contributed by atoms with Gasteiger partial charge in [0.25, 0.3) is 5.56 Å². The van der Waals surface area contributed by atoms with Gasteiger partial charge in [0.15, 0.2) is 0 Å². The van der Waals surface area contributed by atoms with Crippen LogP contribution in [0.3, 0.4) is 0 Å². The Hall–Kier alpha value is -2.66. The summed E-state index contributed by atoms with van der Waals surface area (Å²) in [6, 6.07) is 16.6. The minimum absolute atomic E-state index is 0.00883. The molecule has 0 amide bonds. The Balaban J connectivity index is 1.26. The van der Waals surface area contributed by atoms with Crippen LogP contribution in [-0.2, 0) is 6.54 Å². The second kappa shape index (κ2) is 8.57. The summed E-state index contributed by atoms with van der Waals surface area (Å²) in [7, 11) is 0. The maximum absolute atomic E-state index is 12.2. The highest BCUT2D eigenvalue weighted by atomic mass is 16.1. The van der Waals surface area contributed by atoms with Crippen molar-refractivity contribution in [2.24, 2.45) is 0 Å². The summed E-state index contributed by atoms with van der Waals surface area (Å²) in [6.45, 7) is 8.37. The first-order valence-electron chi connectivity index (χ1n) is 10.2. The summed E-state index contributed by atoms with van der Waals surface area (Å²) in [5.74, 6) is 0. The average molecular weight is 377 g/mol. The largest absolute Gasteiger partial charge is 0.369 e. The maximum Gasteiger partial charge on any atom is 0.269 e. The van der Waals surface area contributed by atoms with Gasteiger partial charge >= 0.3 is 0 Å². The minimum atomic E-state index is -0.00883. The summed E-state index contributed by atoms with van der Waals surface area (Å²) in [4.78, 5) is 21.5. The van der Waals surface area contributed by atoms with Crippen molar-refractivity contribution in [3.63, 3.8) is 0 Å². The van der Waals surface area contributed by atoms with Gasteiger partial charge < -0.3 is 9.47 Å². The van der Waals surface area contributed by atoms with Gasteiger partial charge in [0.05, 0.1) is 17.2 Å². The van der Waals surface area contributed by atoms with Crippen LogP contribution in [0.15, 0.2) is 59.5 Å². The van der Waals surface area contributed by atoms with Crippen molar-refractivity contribution in [3.05, 3.63) is 70.6 Å². The van der Waals surface area contributed by atoms with Crippen LogP contribution in [0.4, 0.5) is 5.69 Å². The molecule has 0 N–H and O–H groups in total. The number of aryl methyl sites for hydroxylation is 2. The molecule has 0 spiro atoms. The van der Waals surface area contributed by atoms with Gasteiger partial charge in [-0.15, -0.1) is 0 Å². The van der Waals surface area contributed by atoms with Crippen molar-refractivity contribution in [3.8, 4) is 0 Å². The third-order valence-corrected chi connectivity index (χ3v) is 5.60. The number of nitrogens with zero attached hydrogens (tertiary/aromatic N) is 4. The molecule has 1 aliphatic rings. The van der Waals surface area contributed by atoms with E-state index in [1.165, 1.54) is 17.4 Å². The highest BCUT2D eigenvalue weighted by Crippen LogP contribution is 2.18. The van der Waals surface area contributed by atoms with E-state index in [1.807, 2.05) is 28.8 Å². The van der Waals surface area contributed by atoms with Crippen molar-refractivity contribution in [2.45, 2.75) is 26.3 Å². The summed E-state index contributed by atoms with van der Waals surface area (Å²) in [6.07, 6.45) is 3.55. The Bertz CT molecular complexity index is 989. The Morgan fingerprint density at radius 3 is 2.54 bits per heavy atom. The molecule has 2 aromatic carbocycles. The molecule has 0 radical (unpaired) electrons. The summed E-state index contributed by atoms with van der Waals surface area (Å²) < 4.78 is 1.86. The fourth-order valence-electron chi connectivity index (χ4n) is 4.01. The summed E-state index contributed by atoms with van der Waals surface area (Å²) in [5.41, 5.74) is 4.46. The zero-order chi connectivity index (χ0) is 19.3. The number of benzene rings is 2. The molecule has 0 unspecified atom stereocenters. The van der Waals surface area contributed by atoms with Crippen molar-refractivity contribution < 1.29 is 0 Å². The highest BCUT2D eigenvalue weighted by Gasteiger charge is 2.16. The SMILES string of the molecule is Cc1cccc(N2CCN(CCCCn3c(=O)cnc4ccccc43)CC2)c1. The first-order chi connectivity index (χ1) is 13.7. The molecule has 28 heavy (non-hydrogen) atoms. The molecule has 0 aliphatic carbocycles. The average Bonchev–Trinajstić information content (AvgIpc) is 2.73. The van der Waals surface area contributed by atoms with E-state index in [0.717, 1.165) is 63.1 Å². The number of hydrogen-bond acceptors (Lipinski definition) is 4. The summed E-state index contributed by atoms with van der Waals surface area (Å²) in [5, 5.41) is 0. The number of unbranched alkanes of at least 4 members (excludes halogenated alkanes) is 1. The highest BCUT2D eigenvalue weighted by molar-refractivity contribution is 5.74. The predicted octanol–water partition coefficient (Wildman–Crippen LogP) is 3.31. The lowest BCUT2D eigenvalue weighted by Crippen LogP contribution is -2.46. The van der Waals surface area contributed by atoms with Crippen molar-refractivity contribution in [1.82, 2.24) is 14.5 Å². The summed E-state index contributed by atoms with van der Waals surface area (Å²) >= 11 is 0. The normalized spacial score (nSPS) is 15.2. The molecular formula is C23H28N4O. The van der Waals surface area contributed by atoms with Gasteiger partial charge in [-0.05, 0) is 56.1 Å². The van der Waals surface area contributed by atoms with Gasteiger partial charge in [-0.2, -0.15) is 0 Å². The third-order valence-electron chi connectivity index (χ3n) is 5.60. The zero-order valence-electron chi connectivity index (χ0n) is 16.6. The lowest BCUT2D eigenvalue weighted by molar-refractivity contribution is 0.251. The molecule has 146 valence electrons. The van der Waals surface area contributed by atoms with Gasteiger partial charge in [-0.1, -0.05) is 24.3 Å². The number of fused-ring (bicyclic) bond motifs is 1. The van der Waals surface area contributed by atoms with Gasteiger partial charge in [-0.3, -0.25) is 9.69 Å². The maximum atomic E-state index is 12.2. The van der Waals surface area contributed by atoms with Crippen molar-refractivity contribution in [1.29, 1.82) is 0 Å². The standard InChI is InChI=1S/C23H28N4O/c1-19-7-6-8-20(17-19)26-15-13-25(14-16-26)11-4-5-12-27-22-10-3-2-9-21(22)24-18-23(27)28/h2-3,6-10,17-18H,4-5,11-16H2,1H3. The first-order valence-corrected chi connectivity index (χ1v) is 10.2. The van der Waals surface area contributed by atoms with Crippen LogP contribution < -0.4 is 10.5 Å². The molecule has 4 rings (SSSR count). The van der Waals surface area contributed by atoms with E-state index < -0.39 is 0 Å². The van der Waals surface area contributed by atoms with Crippen LogP contribution in [0.2, 0.25) is 0 Å². The Morgan fingerprint density at radius 2 is 1.71 bits per heavy atom. The molecule has 1 aliphatic heterocycles. The van der Waals surface area contributed by atoms with Crippen LogP contribution in [0.5, 0.6) is 0 Å². The molecule has 5 nitrogen and oxygen atoms in total. The van der Waals surface area contributed by atoms with Gasteiger partial charge in [0, 0.05) is 38.4 Å². The van der Waals surface area contributed by atoms with Crippen LogP contribution in [0, 0.1) is 6.92 Å². The van der Waals surface area contributed by atoms with E-state index in [4.69, 9.17) is 0 Å². The smallest absolute Gasteiger partial charge is 0.269 e. The molecular weight excluding hydrogens is 348 g/mol. The molecule has 5 heteroatoms. The zero-order valence-corrected chi connectivity index (χ0v) is 16.6. The molecule has 0 saturated carbocycles. The second-order valence-corrected chi connectivity index (χ2v) is 7.61. The van der Waals surface area contributed by atoms with Crippen molar-refractivity contribution >= 4 is 16.7 Å². The monoisotopic (exact) mass is 376 g/mol. The van der Waals surface area contributed by atoms with Crippen LogP contribution in [-0.4, -0.2) is 47.2 Å². The number of hydrogen-bond donors (Lipinski definition) is 0. The van der Waals surface area contributed by atoms with Gasteiger partial charge in [0.2, 0.25) is 0 Å². The van der Waals surface area contributed by atoms with Crippen LogP contribution in [0.25, 0.3) is 11.0 Å². The molecule has 3 aromatic rings. The van der Waals surface area contributed by atoms with E-state index in [9.17, 15) is 4.79 Å². The van der Waals surface area contributed by atoms with Crippen LogP contribution in [0.1, 0.15) is 18.4 Å². The first kappa shape index (κ1) is 18.7. The Kier molecular flexibility index (Phi) is 5.72. The van der Waals surface area contributed by atoms with E-state index >= 15 is 0 Å². The predicted molar refractivity (Wildman–Crippen MR) is 115 cm³/mol. The van der Waals surface area contributed by atoms with Gasteiger partial charge in [0.1, 0.15) is 0 Å². The third kappa shape index (κ3) is 4.25. The second-order valence-electron chi connectivity index (χ2n) is 7.61. The minimum Gasteiger partial charge on any atom is -0.369 e. The fraction of sp³-hybridized carbons (Fsp3) is 0.391. The number of para-hydroxylation sites is 2. The lowest BCUT2D eigenvalue weighted by atomic mass is 10.2. The van der Waals surface area contributed by atoms with E-state index in [2.05, 4.69) is 46.0 Å². The van der Waals surface area contributed by atoms with Gasteiger partial charge in [-0.25, -0.2) is 4.98 Å². The quantitative estimate of drug-likeness (QED) is 0.619. The van der Waals surface area contributed by atoms with E-state index in [-0.39, 0.29) is 5.56 Å². The van der Waals surface area contributed by atoms with E-state index in [1.54, 1.807) is 0 Å². The van der Waals surface area contributed by atoms with Crippen molar-refractivity contribution in [2.75, 3.05) is 37.6 Å². The lowest BCUT2D eigenvalue weighted by Gasteiger charge is -2.36. The number of anilines is 1. The van der Waals surface area contributed by atoms with E-state index in [0.29, 0.717) is 0 Å². The molecule has 1 aromatic heterocycles. The van der Waals surface area contributed by atoms with Crippen LogP contribution >= 0.6 is 0 Å². The molecule has 1 saturated heterocycles. The fourth-order valence-corrected chi connectivity index (χ4v) is 4.01. The number of rotatable bonds is 6.